The summed E-state index contributed by atoms with van der Waals surface area (Å²) in [6.07, 6.45) is 6.95. The molecule has 0 aliphatic carbocycles. The number of aromatic nitrogens is 2. The van der Waals surface area contributed by atoms with E-state index in [0.717, 1.165) is 5.56 Å². The third kappa shape index (κ3) is 5.36. The Bertz CT molecular complexity index is 809. The van der Waals surface area contributed by atoms with Gasteiger partial charge >= 0.3 is 0 Å². The van der Waals surface area contributed by atoms with Crippen LogP contribution in [-0.2, 0) is 10.2 Å². The summed E-state index contributed by atoms with van der Waals surface area (Å²) < 4.78 is 5.68. The van der Waals surface area contributed by atoms with Gasteiger partial charge in [0.05, 0.1) is 5.75 Å². The molecule has 2 aromatic rings. The number of benzene rings is 1. The third-order valence-corrected chi connectivity index (χ3v) is 5.41. The summed E-state index contributed by atoms with van der Waals surface area (Å²) in [5, 5.41) is 11.4. The molecule has 27 heavy (non-hydrogen) atoms. The molecule has 1 aromatic carbocycles. The fourth-order valence-electron chi connectivity index (χ4n) is 2.59. The van der Waals surface area contributed by atoms with E-state index >= 15 is 0 Å². The Balaban J connectivity index is 1.98. The Morgan fingerprint density at radius 2 is 1.81 bits per heavy atom. The van der Waals surface area contributed by atoms with Gasteiger partial charge in [0.1, 0.15) is 5.54 Å². The molecule has 0 spiro atoms. The van der Waals surface area contributed by atoms with Crippen molar-refractivity contribution in [2.45, 2.75) is 63.6 Å². The lowest BCUT2D eigenvalue weighted by Gasteiger charge is -2.26. The first-order valence-electron chi connectivity index (χ1n) is 9.09. The van der Waals surface area contributed by atoms with Crippen molar-refractivity contribution in [2.75, 3.05) is 5.75 Å². The van der Waals surface area contributed by atoms with Gasteiger partial charge in [-0.2, -0.15) is 0 Å². The van der Waals surface area contributed by atoms with Crippen molar-refractivity contribution in [2.24, 2.45) is 0 Å². The normalized spacial score (nSPS) is 11.9. The molecule has 0 fully saturated rings. The van der Waals surface area contributed by atoms with E-state index in [2.05, 4.69) is 54.3 Å². The molecule has 144 valence electrons. The Morgan fingerprint density at radius 3 is 2.33 bits per heavy atom. The summed E-state index contributed by atoms with van der Waals surface area (Å²) in [7, 11) is 0. The molecule has 2 rings (SSSR count). The van der Waals surface area contributed by atoms with E-state index in [9.17, 15) is 4.79 Å². The predicted octanol–water partition coefficient (Wildman–Crippen LogP) is 4.43. The van der Waals surface area contributed by atoms with Gasteiger partial charge in [-0.1, -0.05) is 64.4 Å². The minimum atomic E-state index is -0.591. The number of nitrogens with zero attached hydrogens (tertiary/aromatic N) is 2. The van der Waals surface area contributed by atoms with Crippen LogP contribution >= 0.6 is 11.8 Å². The van der Waals surface area contributed by atoms with E-state index < -0.39 is 5.54 Å². The minimum Gasteiger partial charge on any atom is -0.411 e. The number of thioether (sulfide) groups is 1. The van der Waals surface area contributed by atoms with Crippen LogP contribution in [0.3, 0.4) is 0 Å². The third-order valence-electron chi connectivity index (χ3n) is 4.59. The monoisotopic (exact) mass is 385 g/mol. The van der Waals surface area contributed by atoms with Gasteiger partial charge in [0.2, 0.25) is 11.8 Å². The zero-order valence-corrected chi connectivity index (χ0v) is 17.4. The van der Waals surface area contributed by atoms with Crippen molar-refractivity contribution < 1.29 is 9.21 Å². The van der Waals surface area contributed by atoms with Crippen molar-refractivity contribution in [1.82, 2.24) is 15.5 Å². The lowest BCUT2D eigenvalue weighted by atomic mass is 9.87. The zero-order chi connectivity index (χ0) is 20.1. The minimum absolute atomic E-state index is 0.0896. The topological polar surface area (TPSA) is 68.0 Å². The number of rotatable bonds is 7. The molecule has 0 aliphatic heterocycles. The largest absolute Gasteiger partial charge is 0.411 e. The highest BCUT2D eigenvalue weighted by molar-refractivity contribution is 7.99. The smallest absolute Gasteiger partial charge is 0.277 e. The number of carbonyl (C=O) groups excluding carboxylic acids is 1. The number of hydrogen-bond acceptors (Lipinski definition) is 5. The molecular formula is C21H27N3O2S. The predicted molar refractivity (Wildman–Crippen MR) is 109 cm³/mol. The number of terminal acetylenes is 1. The fourth-order valence-corrected chi connectivity index (χ4v) is 3.16. The average Bonchev–Trinajstić information content (AvgIpc) is 3.13. The molecule has 0 atom stereocenters. The molecule has 0 unspecified atom stereocenters. The molecular weight excluding hydrogens is 358 g/mol. The second-order valence-electron chi connectivity index (χ2n) is 7.47. The highest BCUT2D eigenvalue weighted by Gasteiger charge is 2.25. The van der Waals surface area contributed by atoms with Crippen molar-refractivity contribution in [1.29, 1.82) is 0 Å². The van der Waals surface area contributed by atoms with Crippen LogP contribution in [0.25, 0.3) is 11.5 Å². The van der Waals surface area contributed by atoms with E-state index in [1.54, 1.807) is 0 Å². The molecule has 1 N–H and O–H groups in total. The van der Waals surface area contributed by atoms with Crippen LogP contribution in [-0.4, -0.2) is 27.4 Å². The van der Waals surface area contributed by atoms with Crippen LogP contribution in [0.1, 0.15) is 53.0 Å². The van der Waals surface area contributed by atoms with Crippen LogP contribution in [0.4, 0.5) is 0 Å². The lowest BCUT2D eigenvalue weighted by molar-refractivity contribution is -0.119. The molecule has 0 saturated carbocycles. The van der Waals surface area contributed by atoms with E-state index in [1.165, 1.54) is 17.3 Å². The maximum absolute atomic E-state index is 12.2. The molecule has 1 heterocycles. The Morgan fingerprint density at radius 1 is 1.19 bits per heavy atom. The molecule has 5 nitrogen and oxygen atoms in total. The number of hydrogen-bond donors (Lipinski definition) is 1. The number of carbonyl (C=O) groups is 1. The summed E-state index contributed by atoms with van der Waals surface area (Å²) in [5.41, 5.74) is 1.59. The Hall–Kier alpha value is -2.26. The second kappa shape index (κ2) is 8.62. The number of amides is 1. The maximum Gasteiger partial charge on any atom is 0.277 e. The van der Waals surface area contributed by atoms with Gasteiger partial charge in [-0.3, -0.25) is 4.79 Å². The summed E-state index contributed by atoms with van der Waals surface area (Å²) in [6, 6.07) is 8.07. The van der Waals surface area contributed by atoms with Gasteiger partial charge in [0.15, 0.2) is 0 Å². The Kier molecular flexibility index (Phi) is 6.72. The maximum atomic E-state index is 12.2. The standard InChI is InChI=1S/C21H27N3O2S/c1-7-21(8-2,9-3)22-17(25)14-27-19-24-23-18(26-19)15-10-12-16(13-11-15)20(4,5)6/h1,10-13H,8-9,14H2,2-6H3,(H,22,25). The molecule has 1 aromatic heterocycles. The SMILES string of the molecule is C#CC(CC)(CC)NC(=O)CSc1nnc(-c2ccc(C(C)(C)C)cc2)o1. The van der Waals surface area contributed by atoms with Crippen LogP contribution in [0.2, 0.25) is 0 Å². The molecule has 6 heteroatoms. The number of nitrogens with one attached hydrogen (secondary N) is 1. The van der Waals surface area contributed by atoms with Crippen LogP contribution in [0, 0.1) is 12.3 Å². The quantitative estimate of drug-likeness (QED) is 0.564. The summed E-state index contributed by atoms with van der Waals surface area (Å²) in [5.74, 6) is 3.17. The molecule has 0 radical (unpaired) electrons. The molecule has 0 bridgehead atoms. The molecule has 1 amide bonds. The second-order valence-corrected chi connectivity index (χ2v) is 8.40. The van der Waals surface area contributed by atoms with E-state index in [1.807, 2.05) is 26.0 Å². The van der Waals surface area contributed by atoms with Crippen molar-refractivity contribution in [3.8, 4) is 23.8 Å². The highest BCUT2D eigenvalue weighted by Crippen LogP contribution is 2.27. The first kappa shape index (κ1) is 21.0. The average molecular weight is 386 g/mol. The van der Waals surface area contributed by atoms with E-state index in [0.29, 0.717) is 24.0 Å². The van der Waals surface area contributed by atoms with Gasteiger partial charge in [0, 0.05) is 5.56 Å². The van der Waals surface area contributed by atoms with E-state index in [-0.39, 0.29) is 17.1 Å². The molecule has 0 aliphatic rings. The first-order valence-corrected chi connectivity index (χ1v) is 10.1. The van der Waals surface area contributed by atoms with Crippen LogP contribution in [0.5, 0.6) is 0 Å². The van der Waals surface area contributed by atoms with Crippen molar-refractivity contribution in [3.05, 3.63) is 29.8 Å². The zero-order valence-electron chi connectivity index (χ0n) is 16.6. The first-order chi connectivity index (χ1) is 12.7. The lowest BCUT2D eigenvalue weighted by Crippen LogP contribution is -2.47. The van der Waals surface area contributed by atoms with Crippen molar-refractivity contribution in [3.63, 3.8) is 0 Å². The van der Waals surface area contributed by atoms with Gasteiger partial charge in [-0.05, 0) is 36.0 Å². The molecule has 0 saturated heterocycles. The fraction of sp³-hybridized carbons (Fsp3) is 0.476. The van der Waals surface area contributed by atoms with Crippen LogP contribution < -0.4 is 5.32 Å². The summed E-state index contributed by atoms with van der Waals surface area (Å²) >= 11 is 1.20. The van der Waals surface area contributed by atoms with Gasteiger partial charge < -0.3 is 9.73 Å². The van der Waals surface area contributed by atoms with Gasteiger partial charge in [-0.25, -0.2) is 0 Å². The Labute approximate surface area is 165 Å². The van der Waals surface area contributed by atoms with Crippen LogP contribution in [0.15, 0.2) is 33.9 Å². The van der Waals surface area contributed by atoms with E-state index in [4.69, 9.17) is 10.8 Å². The van der Waals surface area contributed by atoms with Gasteiger partial charge in [0.25, 0.3) is 5.22 Å². The summed E-state index contributed by atoms with van der Waals surface area (Å²) in [6.45, 7) is 10.4. The highest BCUT2D eigenvalue weighted by atomic mass is 32.2. The van der Waals surface area contributed by atoms with Gasteiger partial charge in [-0.15, -0.1) is 16.6 Å². The summed E-state index contributed by atoms with van der Waals surface area (Å²) in [4.78, 5) is 12.2. The van der Waals surface area contributed by atoms with Crippen molar-refractivity contribution >= 4 is 17.7 Å².